The molecule has 1 aromatic carbocycles. The molecular weight excluding hydrogens is 328 g/mol. The molecule has 0 unspecified atom stereocenters. The minimum atomic E-state index is -0.882. The van der Waals surface area contributed by atoms with Gasteiger partial charge in [0.1, 0.15) is 5.78 Å². The number of nitrogens with one attached hydrogen (secondary N) is 1. The Morgan fingerprint density at radius 1 is 1.42 bits per heavy atom. The molecule has 2 aromatic rings. The third-order valence-electron chi connectivity index (χ3n) is 3.64. The van der Waals surface area contributed by atoms with Crippen LogP contribution in [0.15, 0.2) is 23.6 Å². The number of amides is 1. The lowest BCUT2D eigenvalue weighted by molar-refractivity contribution is -0.125. The Labute approximate surface area is 142 Å². The maximum atomic E-state index is 12.3. The van der Waals surface area contributed by atoms with Gasteiger partial charge in [0.25, 0.3) is 5.91 Å². The van der Waals surface area contributed by atoms with Crippen LogP contribution in [0.4, 0.5) is 5.13 Å². The standard InChI is InChI=1S/C17H16N2O4S/c1-9-3-4-11-7-14(23-16(22)13(11)5-9)15(21)19-17-18-12(8-24-17)6-10(2)20/h3-5,8,14H,6-7H2,1-2H3,(H,18,19,21)/t14-/m1/s1. The van der Waals surface area contributed by atoms with Gasteiger partial charge in [0.05, 0.1) is 11.3 Å². The first-order chi connectivity index (χ1) is 11.4. The number of benzene rings is 1. The smallest absolute Gasteiger partial charge is 0.339 e. The van der Waals surface area contributed by atoms with Crippen molar-refractivity contribution in [2.75, 3.05) is 5.32 Å². The van der Waals surface area contributed by atoms with Gasteiger partial charge in [-0.1, -0.05) is 17.7 Å². The van der Waals surface area contributed by atoms with Crippen molar-refractivity contribution < 1.29 is 19.1 Å². The van der Waals surface area contributed by atoms with Gasteiger partial charge in [0, 0.05) is 18.2 Å². The fourth-order valence-electron chi connectivity index (χ4n) is 2.53. The molecule has 0 aliphatic carbocycles. The Kier molecular flexibility index (Phi) is 4.44. The molecule has 7 heteroatoms. The number of hydrogen-bond acceptors (Lipinski definition) is 6. The molecule has 0 radical (unpaired) electrons. The fourth-order valence-corrected chi connectivity index (χ4v) is 3.24. The maximum Gasteiger partial charge on any atom is 0.339 e. The van der Waals surface area contributed by atoms with E-state index in [1.54, 1.807) is 11.4 Å². The predicted octanol–water partition coefficient (Wildman–Crippen LogP) is 2.30. The highest BCUT2D eigenvalue weighted by Crippen LogP contribution is 2.23. The van der Waals surface area contributed by atoms with Crippen LogP contribution in [0.25, 0.3) is 0 Å². The number of ketones is 1. The average molecular weight is 344 g/mol. The summed E-state index contributed by atoms with van der Waals surface area (Å²) in [6, 6.07) is 5.52. The summed E-state index contributed by atoms with van der Waals surface area (Å²) in [4.78, 5) is 39.7. The van der Waals surface area contributed by atoms with Crippen LogP contribution in [0.1, 0.15) is 34.1 Å². The Balaban J connectivity index is 1.70. The highest BCUT2D eigenvalue weighted by atomic mass is 32.1. The quantitative estimate of drug-likeness (QED) is 0.860. The SMILES string of the molecule is CC(=O)Cc1csc(NC(=O)[C@H]2Cc3ccc(C)cc3C(=O)O2)n1. The predicted molar refractivity (Wildman–Crippen MR) is 89.2 cm³/mol. The monoisotopic (exact) mass is 344 g/mol. The number of aryl methyl sites for hydroxylation is 1. The lowest BCUT2D eigenvalue weighted by Crippen LogP contribution is -2.38. The molecule has 1 amide bonds. The van der Waals surface area contributed by atoms with Crippen molar-refractivity contribution in [1.29, 1.82) is 0 Å². The zero-order valence-corrected chi connectivity index (χ0v) is 14.1. The van der Waals surface area contributed by atoms with Gasteiger partial charge in [-0.2, -0.15) is 0 Å². The number of anilines is 1. The number of carbonyl (C=O) groups is 3. The Hall–Kier alpha value is -2.54. The zero-order valence-electron chi connectivity index (χ0n) is 13.3. The topological polar surface area (TPSA) is 85.4 Å². The molecule has 0 fully saturated rings. The molecule has 24 heavy (non-hydrogen) atoms. The lowest BCUT2D eigenvalue weighted by atomic mass is 9.96. The van der Waals surface area contributed by atoms with Crippen molar-refractivity contribution >= 4 is 34.1 Å². The van der Waals surface area contributed by atoms with Gasteiger partial charge >= 0.3 is 5.97 Å². The molecule has 1 atom stereocenters. The minimum absolute atomic E-state index is 0.00582. The van der Waals surface area contributed by atoms with Crippen molar-refractivity contribution in [3.63, 3.8) is 0 Å². The van der Waals surface area contributed by atoms with Gasteiger partial charge in [-0.15, -0.1) is 11.3 Å². The second-order valence-corrected chi connectivity index (χ2v) is 6.63. The number of fused-ring (bicyclic) bond motifs is 1. The molecule has 0 saturated heterocycles. The van der Waals surface area contributed by atoms with Crippen LogP contribution < -0.4 is 5.32 Å². The summed E-state index contributed by atoms with van der Waals surface area (Å²) in [6.07, 6.45) is -0.316. The van der Waals surface area contributed by atoms with Crippen LogP contribution in [0, 0.1) is 6.92 Å². The summed E-state index contributed by atoms with van der Waals surface area (Å²) in [7, 11) is 0. The van der Waals surface area contributed by atoms with Gasteiger partial charge in [-0.25, -0.2) is 9.78 Å². The number of hydrogen-bond donors (Lipinski definition) is 1. The molecule has 2 heterocycles. The van der Waals surface area contributed by atoms with Crippen molar-refractivity contribution in [3.05, 3.63) is 46.0 Å². The van der Waals surface area contributed by atoms with Crippen LogP contribution in [0.2, 0.25) is 0 Å². The van der Waals surface area contributed by atoms with Crippen molar-refractivity contribution in [2.24, 2.45) is 0 Å². The average Bonchev–Trinajstić information content (AvgIpc) is 2.94. The van der Waals surface area contributed by atoms with Gasteiger partial charge in [-0.05, 0) is 25.5 Å². The van der Waals surface area contributed by atoms with E-state index in [4.69, 9.17) is 4.74 Å². The van der Waals surface area contributed by atoms with E-state index in [0.29, 0.717) is 22.8 Å². The Bertz CT molecular complexity index is 828. The molecule has 0 spiro atoms. The number of Topliss-reactive ketones (excluding diaryl/α,β-unsaturated/α-hetero) is 1. The number of cyclic esters (lactones) is 1. The third kappa shape index (κ3) is 3.51. The van der Waals surface area contributed by atoms with E-state index < -0.39 is 18.0 Å². The summed E-state index contributed by atoms with van der Waals surface area (Å²) >= 11 is 1.24. The molecule has 1 aliphatic heterocycles. The second-order valence-electron chi connectivity index (χ2n) is 5.77. The number of rotatable bonds is 4. The van der Waals surface area contributed by atoms with Crippen LogP contribution in [-0.2, 0) is 27.2 Å². The molecule has 3 rings (SSSR count). The lowest BCUT2D eigenvalue weighted by Gasteiger charge is -2.23. The molecule has 0 saturated carbocycles. The molecule has 1 N–H and O–H groups in total. The van der Waals surface area contributed by atoms with E-state index in [1.165, 1.54) is 18.3 Å². The number of ether oxygens (including phenoxy) is 1. The zero-order chi connectivity index (χ0) is 17.3. The van der Waals surface area contributed by atoms with Crippen LogP contribution >= 0.6 is 11.3 Å². The van der Waals surface area contributed by atoms with Crippen molar-refractivity contribution in [1.82, 2.24) is 4.98 Å². The van der Waals surface area contributed by atoms with Crippen LogP contribution in [0.5, 0.6) is 0 Å². The van der Waals surface area contributed by atoms with Crippen LogP contribution in [0.3, 0.4) is 0 Å². The van der Waals surface area contributed by atoms with Crippen molar-refractivity contribution in [2.45, 2.75) is 32.8 Å². The number of nitrogens with zero attached hydrogens (tertiary/aromatic N) is 1. The summed E-state index contributed by atoms with van der Waals surface area (Å²) in [6.45, 7) is 3.38. The number of carbonyl (C=O) groups excluding carboxylic acids is 3. The first kappa shape index (κ1) is 16.3. The largest absolute Gasteiger partial charge is 0.448 e. The Morgan fingerprint density at radius 2 is 2.21 bits per heavy atom. The first-order valence-electron chi connectivity index (χ1n) is 7.47. The van der Waals surface area contributed by atoms with E-state index in [-0.39, 0.29) is 12.2 Å². The summed E-state index contributed by atoms with van der Waals surface area (Å²) in [5.41, 5.74) is 2.89. The van der Waals surface area contributed by atoms with Crippen LogP contribution in [-0.4, -0.2) is 28.7 Å². The summed E-state index contributed by atoms with van der Waals surface area (Å²) < 4.78 is 5.24. The minimum Gasteiger partial charge on any atom is -0.448 e. The highest BCUT2D eigenvalue weighted by Gasteiger charge is 2.31. The molecule has 1 aliphatic rings. The van der Waals surface area contributed by atoms with E-state index in [0.717, 1.165) is 11.1 Å². The Morgan fingerprint density at radius 3 is 2.96 bits per heavy atom. The summed E-state index contributed by atoms with van der Waals surface area (Å²) in [5.74, 6) is -0.902. The van der Waals surface area contributed by atoms with E-state index in [9.17, 15) is 14.4 Å². The first-order valence-corrected chi connectivity index (χ1v) is 8.35. The maximum absolute atomic E-state index is 12.3. The van der Waals surface area contributed by atoms with E-state index in [2.05, 4.69) is 10.3 Å². The third-order valence-corrected chi connectivity index (χ3v) is 4.45. The molecule has 1 aromatic heterocycles. The number of aromatic nitrogens is 1. The molecule has 0 bridgehead atoms. The number of thiazole rings is 1. The molecular formula is C17H16N2O4S. The normalized spacial score (nSPS) is 16.2. The van der Waals surface area contributed by atoms with E-state index in [1.807, 2.05) is 19.1 Å². The molecule has 124 valence electrons. The van der Waals surface area contributed by atoms with Gasteiger partial charge in [0.15, 0.2) is 11.2 Å². The fraction of sp³-hybridized carbons (Fsp3) is 0.294. The van der Waals surface area contributed by atoms with Gasteiger partial charge in [-0.3, -0.25) is 14.9 Å². The highest BCUT2D eigenvalue weighted by molar-refractivity contribution is 7.13. The molecule has 6 nitrogen and oxygen atoms in total. The van der Waals surface area contributed by atoms with Crippen molar-refractivity contribution in [3.8, 4) is 0 Å². The van der Waals surface area contributed by atoms with Gasteiger partial charge < -0.3 is 4.74 Å². The van der Waals surface area contributed by atoms with Gasteiger partial charge in [0.2, 0.25) is 0 Å². The summed E-state index contributed by atoms with van der Waals surface area (Å²) in [5, 5.41) is 4.76. The van der Waals surface area contributed by atoms with E-state index >= 15 is 0 Å². The number of esters is 1. The second kappa shape index (κ2) is 6.52.